The number of carbonyl (C=O) groups is 1. The summed E-state index contributed by atoms with van der Waals surface area (Å²) >= 11 is 0. The fraction of sp³-hybridized carbons (Fsp3) is 0.278. The standard InChI is InChI=1S/C18H18O3.Na/c19-18(20)15-8-3-5-13(11-15)12-21-17-10-4-7-14-6-1-2-9-16(14)17;/h3-5,7-8,10-11H,1-2,6,9,12H2,(H,19,20);/q;+1/p-1. The van der Waals surface area contributed by atoms with E-state index in [0.29, 0.717) is 6.61 Å². The molecular formula is C18H17NaO3. The number of benzene rings is 2. The molecule has 0 radical (unpaired) electrons. The number of carbonyl (C=O) groups excluding carboxylic acids is 1. The Balaban J connectivity index is 0.00000176. The second kappa shape index (κ2) is 7.82. The molecule has 1 aliphatic rings. The molecule has 0 bridgehead atoms. The third-order valence-electron chi connectivity index (χ3n) is 3.91. The molecule has 0 heterocycles. The van der Waals surface area contributed by atoms with Gasteiger partial charge in [0.15, 0.2) is 0 Å². The van der Waals surface area contributed by atoms with Crippen molar-refractivity contribution >= 4 is 5.97 Å². The van der Waals surface area contributed by atoms with Crippen LogP contribution < -0.4 is 39.4 Å². The zero-order valence-electron chi connectivity index (χ0n) is 12.8. The topological polar surface area (TPSA) is 49.4 Å². The normalized spacial score (nSPS) is 12.9. The monoisotopic (exact) mass is 304 g/mol. The number of carboxylic acid groups (broad SMARTS) is 1. The molecule has 108 valence electrons. The molecule has 22 heavy (non-hydrogen) atoms. The molecule has 4 heteroatoms. The van der Waals surface area contributed by atoms with E-state index in [-0.39, 0.29) is 35.1 Å². The molecule has 0 aromatic heterocycles. The summed E-state index contributed by atoms with van der Waals surface area (Å²) in [7, 11) is 0. The number of fused-ring (bicyclic) bond motifs is 1. The molecule has 0 amide bonds. The van der Waals surface area contributed by atoms with Crippen molar-refractivity contribution in [3.63, 3.8) is 0 Å². The predicted molar refractivity (Wildman–Crippen MR) is 78.2 cm³/mol. The fourth-order valence-electron chi connectivity index (χ4n) is 2.83. The summed E-state index contributed by atoms with van der Waals surface area (Å²) in [6.45, 7) is 0.373. The summed E-state index contributed by atoms with van der Waals surface area (Å²) in [5.74, 6) is -0.236. The van der Waals surface area contributed by atoms with E-state index in [9.17, 15) is 9.90 Å². The third-order valence-corrected chi connectivity index (χ3v) is 3.91. The van der Waals surface area contributed by atoms with Crippen molar-refractivity contribution in [3.8, 4) is 5.75 Å². The van der Waals surface area contributed by atoms with Crippen molar-refractivity contribution in [1.82, 2.24) is 0 Å². The molecule has 3 nitrogen and oxygen atoms in total. The smallest absolute Gasteiger partial charge is 0.545 e. The first-order chi connectivity index (χ1) is 10.2. The first kappa shape index (κ1) is 17.1. The molecule has 0 fully saturated rings. The van der Waals surface area contributed by atoms with Gasteiger partial charge in [-0.2, -0.15) is 0 Å². The van der Waals surface area contributed by atoms with E-state index >= 15 is 0 Å². The molecule has 0 aliphatic heterocycles. The van der Waals surface area contributed by atoms with Crippen molar-refractivity contribution in [2.24, 2.45) is 0 Å². The molecule has 0 unspecified atom stereocenters. The second-order valence-electron chi connectivity index (χ2n) is 5.38. The molecule has 0 N–H and O–H groups in total. The number of aryl methyl sites for hydroxylation is 1. The first-order valence-corrected chi connectivity index (χ1v) is 7.28. The Morgan fingerprint density at radius 3 is 2.68 bits per heavy atom. The van der Waals surface area contributed by atoms with Crippen LogP contribution in [0.2, 0.25) is 0 Å². The molecule has 0 saturated heterocycles. The van der Waals surface area contributed by atoms with Gasteiger partial charge in [0, 0.05) is 0 Å². The molecule has 0 atom stereocenters. The maximum Gasteiger partial charge on any atom is 1.00 e. The van der Waals surface area contributed by atoms with E-state index in [2.05, 4.69) is 6.07 Å². The van der Waals surface area contributed by atoms with Gasteiger partial charge in [0.1, 0.15) is 12.4 Å². The molecule has 3 rings (SSSR count). The summed E-state index contributed by atoms with van der Waals surface area (Å²) < 4.78 is 5.91. The van der Waals surface area contributed by atoms with Crippen LogP contribution in [0.1, 0.15) is 39.9 Å². The Morgan fingerprint density at radius 2 is 1.86 bits per heavy atom. The van der Waals surface area contributed by atoms with E-state index in [1.165, 1.54) is 30.0 Å². The summed E-state index contributed by atoms with van der Waals surface area (Å²) in [5.41, 5.74) is 3.71. The summed E-state index contributed by atoms with van der Waals surface area (Å²) in [5, 5.41) is 10.9. The van der Waals surface area contributed by atoms with Crippen molar-refractivity contribution < 1.29 is 44.2 Å². The molecule has 1 aliphatic carbocycles. The molecule has 0 spiro atoms. The van der Waals surface area contributed by atoms with Gasteiger partial charge in [-0.25, -0.2) is 0 Å². The Kier molecular flexibility index (Phi) is 6.07. The number of rotatable bonds is 4. The van der Waals surface area contributed by atoms with Crippen LogP contribution in [0, 0.1) is 0 Å². The molecular weight excluding hydrogens is 287 g/mol. The molecule has 0 saturated carbocycles. The number of carboxylic acids is 1. The number of aromatic carboxylic acids is 1. The van der Waals surface area contributed by atoms with Crippen LogP contribution >= 0.6 is 0 Å². The van der Waals surface area contributed by atoms with Gasteiger partial charge in [0.05, 0.1) is 5.97 Å². The largest absolute Gasteiger partial charge is 1.00 e. The average Bonchev–Trinajstić information content (AvgIpc) is 2.53. The minimum absolute atomic E-state index is 0. The van der Waals surface area contributed by atoms with E-state index < -0.39 is 5.97 Å². The van der Waals surface area contributed by atoms with Crippen LogP contribution in [0.3, 0.4) is 0 Å². The average molecular weight is 304 g/mol. The van der Waals surface area contributed by atoms with E-state index in [4.69, 9.17) is 4.74 Å². The number of hydrogen-bond donors (Lipinski definition) is 0. The minimum Gasteiger partial charge on any atom is -0.545 e. The quantitative estimate of drug-likeness (QED) is 0.717. The zero-order valence-corrected chi connectivity index (χ0v) is 14.8. The van der Waals surface area contributed by atoms with Crippen LogP contribution in [0.25, 0.3) is 0 Å². The Bertz CT molecular complexity index is 667. The Morgan fingerprint density at radius 1 is 1.09 bits per heavy atom. The fourth-order valence-corrected chi connectivity index (χ4v) is 2.83. The van der Waals surface area contributed by atoms with Gasteiger partial charge in [-0.05, 0) is 60.1 Å². The van der Waals surface area contributed by atoms with Crippen LogP contribution in [-0.4, -0.2) is 5.97 Å². The SMILES string of the molecule is O=C([O-])c1cccc(COc2cccc3c2CCCC3)c1.[Na+]. The van der Waals surface area contributed by atoms with E-state index in [1.54, 1.807) is 12.1 Å². The predicted octanol–water partition coefficient (Wildman–Crippen LogP) is -0.488. The van der Waals surface area contributed by atoms with Gasteiger partial charge in [-0.3, -0.25) is 0 Å². The third kappa shape index (κ3) is 3.92. The number of ether oxygens (including phenoxy) is 1. The van der Waals surface area contributed by atoms with Crippen molar-refractivity contribution in [3.05, 3.63) is 64.7 Å². The van der Waals surface area contributed by atoms with Crippen LogP contribution in [0.4, 0.5) is 0 Å². The van der Waals surface area contributed by atoms with Gasteiger partial charge < -0.3 is 14.6 Å². The van der Waals surface area contributed by atoms with Crippen LogP contribution in [-0.2, 0) is 19.4 Å². The van der Waals surface area contributed by atoms with Crippen molar-refractivity contribution in [2.45, 2.75) is 32.3 Å². The summed E-state index contributed by atoms with van der Waals surface area (Å²) in [6.07, 6.45) is 4.62. The van der Waals surface area contributed by atoms with Gasteiger partial charge in [-0.1, -0.05) is 30.3 Å². The van der Waals surface area contributed by atoms with Gasteiger partial charge in [-0.15, -0.1) is 0 Å². The van der Waals surface area contributed by atoms with Gasteiger partial charge >= 0.3 is 29.6 Å². The van der Waals surface area contributed by atoms with Crippen molar-refractivity contribution in [2.75, 3.05) is 0 Å². The molecule has 2 aromatic carbocycles. The maximum atomic E-state index is 10.9. The Labute approximate surface area is 152 Å². The number of hydrogen-bond acceptors (Lipinski definition) is 3. The summed E-state index contributed by atoms with van der Waals surface area (Å²) in [4.78, 5) is 10.9. The van der Waals surface area contributed by atoms with Crippen molar-refractivity contribution in [1.29, 1.82) is 0 Å². The van der Waals surface area contributed by atoms with Gasteiger partial charge in [0.2, 0.25) is 0 Å². The summed E-state index contributed by atoms with van der Waals surface area (Å²) in [6, 6.07) is 12.9. The maximum absolute atomic E-state index is 10.9. The van der Waals surface area contributed by atoms with E-state index in [0.717, 1.165) is 24.2 Å². The molecule has 2 aromatic rings. The minimum atomic E-state index is -1.16. The first-order valence-electron chi connectivity index (χ1n) is 7.28. The van der Waals surface area contributed by atoms with Crippen LogP contribution in [0.15, 0.2) is 42.5 Å². The van der Waals surface area contributed by atoms with Crippen LogP contribution in [0.5, 0.6) is 5.75 Å². The Hall–Kier alpha value is -1.29. The van der Waals surface area contributed by atoms with Gasteiger partial charge in [0.25, 0.3) is 0 Å². The van der Waals surface area contributed by atoms with E-state index in [1.807, 2.05) is 18.2 Å². The second-order valence-corrected chi connectivity index (χ2v) is 5.38. The zero-order chi connectivity index (χ0) is 14.7.